The normalized spacial score (nSPS) is 26.0. The van der Waals surface area contributed by atoms with Gasteiger partial charge in [-0.3, -0.25) is 0 Å². The maximum absolute atomic E-state index is 9.61. The Labute approximate surface area is 337 Å². The van der Waals surface area contributed by atoms with Crippen LogP contribution < -0.4 is 9.47 Å². The first-order chi connectivity index (χ1) is 27.4. The van der Waals surface area contributed by atoms with Crippen molar-refractivity contribution in [2.24, 2.45) is 11.8 Å². The van der Waals surface area contributed by atoms with Crippen LogP contribution in [-0.4, -0.2) is 11.2 Å². The molecule has 278 valence electrons. The number of allylic oxidation sites excluding steroid dienone is 12. The Morgan fingerprint density at radius 2 is 1.11 bits per heavy atom. The molecule has 2 atom stereocenters. The number of thiophene rings is 2. The van der Waals surface area contributed by atoms with Gasteiger partial charge in [-0.15, -0.1) is 22.7 Å². The van der Waals surface area contributed by atoms with Crippen LogP contribution in [0.3, 0.4) is 0 Å². The summed E-state index contributed by atoms with van der Waals surface area (Å²) in [5.41, 5.74) is 9.24. The molecule has 0 amide bonds. The molecule has 10 rings (SSSR count). The maximum atomic E-state index is 9.61. The smallest absolute Gasteiger partial charge is 0.265 e. The number of hydrogen-bond donors (Lipinski definition) is 0. The molecule has 2 aliphatic heterocycles. The predicted molar refractivity (Wildman–Crippen MR) is 222 cm³/mol. The van der Waals surface area contributed by atoms with Gasteiger partial charge in [0.05, 0.1) is 22.4 Å². The van der Waals surface area contributed by atoms with Gasteiger partial charge in [-0.2, -0.15) is 10.5 Å². The quantitative estimate of drug-likeness (QED) is 0.224. The van der Waals surface area contributed by atoms with Gasteiger partial charge in [0.15, 0.2) is 0 Å². The third-order valence-electron chi connectivity index (χ3n) is 13.4. The number of hydrogen-bond acceptors (Lipinski definition) is 7. The minimum Gasteiger partial charge on any atom is -0.481 e. The highest BCUT2D eigenvalue weighted by molar-refractivity contribution is 7.15. The van der Waals surface area contributed by atoms with Crippen LogP contribution in [0.4, 0.5) is 0 Å². The molecule has 0 saturated heterocycles. The Balaban J connectivity index is 1.08. The zero-order chi connectivity index (χ0) is 38.0. The Morgan fingerprint density at radius 3 is 1.57 bits per heavy atom. The number of rotatable bonds is 2. The summed E-state index contributed by atoms with van der Waals surface area (Å²) in [5, 5.41) is 28.8. The van der Waals surface area contributed by atoms with Crippen LogP contribution >= 0.6 is 22.7 Å². The first kappa shape index (κ1) is 35.3. The van der Waals surface area contributed by atoms with Gasteiger partial charge in [-0.05, 0) is 135 Å². The van der Waals surface area contributed by atoms with Gasteiger partial charge < -0.3 is 9.47 Å². The largest absolute Gasteiger partial charge is 0.481 e. The molecule has 2 fully saturated rings. The van der Waals surface area contributed by atoms with E-state index in [-0.39, 0.29) is 34.3 Å². The molecule has 0 radical (unpaired) electrons. The Morgan fingerprint density at radius 1 is 0.625 bits per heavy atom. The summed E-state index contributed by atoms with van der Waals surface area (Å²) in [6.45, 7) is 7.54. The fourth-order valence-corrected chi connectivity index (χ4v) is 13.1. The van der Waals surface area contributed by atoms with Gasteiger partial charge >= 0.3 is 0 Å². The first-order valence-electron chi connectivity index (χ1n) is 20.5. The van der Waals surface area contributed by atoms with E-state index in [1.54, 1.807) is 11.3 Å². The van der Waals surface area contributed by atoms with Crippen LogP contribution in [0.5, 0.6) is 11.5 Å². The third kappa shape index (κ3) is 5.65. The fourth-order valence-electron chi connectivity index (χ4n) is 10.7. The van der Waals surface area contributed by atoms with Gasteiger partial charge in [0.2, 0.25) is 0 Å². The Kier molecular flexibility index (Phi) is 8.71. The van der Waals surface area contributed by atoms with E-state index in [9.17, 15) is 15.8 Å². The van der Waals surface area contributed by atoms with Crippen molar-refractivity contribution in [3.8, 4) is 29.7 Å². The molecule has 56 heavy (non-hydrogen) atoms. The molecular weight excluding hydrogens is 729 g/mol. The highest BCUT2D eigenvalue weighted by Crippen LogP contribution is 2.60. The van der Waals surface area contributed by atoms with E-state index in [1.165, 1.54) is 65.8 Å². The highest BCUT2D eigenvalue weighted by atomic mass is 32.1. The molecule has 6 nitrogen and oxygen atoms in total. The van der Waals surface area contributed by atoms with Crippen LogP contribution in [-0.2, 0) is 0 Å². The molecule has 2 aromatic rings. The lowest BCUT2D eigenvalue weighted by Gasteiger charge is -2.48. The van der Waals surface area contributed by atoms with E-state index >= 15 is 0 Å². The number of nitrogens with zero attached hydrogens (tertiary/aromatic N) is 4. The summed E-state index contributed by atoms with van der Waals surface area (Å²) < 4.78 is 14.4. The van der Waals surface area contributed by atoms with Crippen molar-refractivity contribution in [3.63, 3.8) is 0 Å². The standard InChI is InChI=1S/C48H42N4O2S2/c1-52-40(28-51)30-11-9-13-32(19-30)44-25-42-46(56-44)37-21-34-22-38-36(20-33(34)23-39(37)48(54-42)16-6-3-7-17-48)45-41(53-47(38)14-4-2-5-15-47)24-43(55-45)31-12-8-10-29(18-31)35(26-49)27-50/h18-25,33-34H,2-17H2/b40-30+. The predicted octanol–water partition coefficient (Wildman–Crippen LogP) is 12.8. The number of fused-ring (bicyclic) bond motifs is 9. The number of ether oxygens (including phenoxy) is 2. The Hall–Kier alpha value is -5.12. The second-order valence-corrected chi connectivity index (χ2v) is 18.8. The average Bonchev–Trinajstić information content (AvgIpc) is 3.87. The molecule has 2 aromatic heterocycles. The summed E-state index contributed by atoms with van der Waals surface area (Å²) >= 11 is 3.62. The second-order valence-electron chi connectivity index (χ2n) is 16.7. The van der Waals surface area contributed by atoms with E-state index in [0.29, 0.717) is 0 Å². The zero-order valence-electron chi connectivity index (χ0n) is 31.5. The van der Waals surface area contributed by atoms with Crippen LogP contribution in [0.15, 0.2) is 82.2 Å². The molecule has 6 aliphatic carbocycles. The van der Waals surface area contributed by atoms with E-state index in [0.717, 1.165) is 113 Å². The van der Waals surface area contributed by atoms with E-state index < -0.39 is 0 Å². The van der Waals surface area contributed by atoms with Crippen LogP contribution in [0.25, 0.3) is 27.1 Å². The van der Waals surface area contributed by atoms with Crippen LogP contribution in [0, 0.1) is 52.4 Å². The van der Waals surface area contributed by atoms with Crippen molar-refractivity contribution in [1.29, 1.82) is 15.8 Å². The SMILES string of the molecule is [C-]#[N+]/C(C#N)=C1/C=C(c2cc3c(s2)C2=CC4C=C5C(=CC4C=C2C2(CCCCC2)O3)c2sc(C3=CC(=C(C#N)C#N)CCC3)cc2OC52CCCCC2)CCC1. The molecule has 2 saturated carbocycles. The van der Waals surface area contributed by atoms with Crippen molar-refractivity contribution in [2.45, 2.75) is 114 Å². The molecule has 4 heterocycles. The highest BCUT2D eigenvalue weighted by Gasteiger charge is 2.50. The molecule has 2 unspecified atom stereocenters. The lowest BCUT2D eigenvalue weighted by Crippen LogP contribution is -2.45. The second kappa shape index (κ2) is 13.8. The van der Waals surface area contributed by atoms with Gasteiger partial charge in [0.1, 0.15) is 40.4 Å². The monoisotopic (exact) mass is 770 g/mol. The summed E-state index contributed by atoms with van der Waals surface area (Å²) in [5.74, 6) is 2.39. The molecule has 8 heteroatoms. The number of nitriles is 3. The van der Waals surface area contributed by atoms with Crippen molar-refractivity contribution in [2.75, 3.05) is 0 Å². The average molecular weight is 771 g/mol. The van der Waals surface area contributed by atoms with Gasteiger partial charge in [0.25, 0.3) is 5.70 Å². The fraction of sp³-hybridized carbons (Fsp3) is 0.417. The van der Waals surface area contributed by atoms with Crippen LogP contribution in [0.1, 0.15) is 122 Å². The molecule has 8 aliphatic rings. The van der Waals surface area contributed by atoms with Crippen molar-refractivity contribution in [3.05, 3.63) is 113 Å². The first-order valence-corrected chi connectivity index (χ1v) is 22.1. The maximum Gasteiger partial charge on any atom is 0.265 e. The lowest BCUT2D eigenvalue weighted by atomic mass is 9.65. The summed E-state index contributed by atoms with van der Waals surface area (Å²) in [7, 11) is 0. The molecule has 2 spiro atoms. The van der Waals surface area contributed by atoms with E-state index in [2.05, 4.69) is 71.6 Å². The minimum atomic E-state index is -0.336. The summed E-state index contributed by atoms with van der Waals surface area (Å²) in [4.78, 5) is 8.30. The Bertz CT molecular complexity index is 2300. The molecule has 0 aromatic carbocycles. The molecule has 0 bridgehead atoms. The summed E-state index contributed by atoms with van der Waals surface area (Å²) in [6, 6.07) is 10.8. The van der Waals surface area contributed by atoms with Gasteiger partial charge in [-0.1, -0.05) is 49.3 Å². The third-order valence-corrected chi connectivity index (χ3v) is 15.9. The van der Waals surface area contributed by atoms with Gasteiger partial charge in [-0.25, -0.2) is 10.1 Å². The topological polar surface area (TPSA) is 94.2 Å². The van der Waals surface area contributed by atoms with E-state index in [1.807, 2.05) is 11.3 Å². The van der Waals surface area contributed by atoms with Crippen molar-refractivity contribution >= 4 is 45.0 Å². The molecule has 0 N–H and O–H groups in total. The lowest BCUT2D eigenvalue weighted by molar-refractivity contribution is 0.0636. The molecular formula is C48H42N4O2S2. The summed E-state index contributed by atoms with van der Waals surface area (Å²) in [6.07, 6.45) is 30.8. The van der Waals surface area contributed by atoms with Gasteiger partial charge in [0, 0.05) is 32.7 Å². The van der Waals surface area contributed by atoms with Crippen molar-refractivity contribution in [1.82, 2.24) is 0 Å². The van der Waals surface area contributed by atoms with Crippen molar-refractivity contribution < 1.29 is 9.47 Å². The minimum absolute atomic E-state index is 0.206. The van der Waals surface area contributed by atoms with Crippen LogP contribution in [0.2, 0.25) is 0 Å². The van der Waals surface area contributed by atoms with E-state index in [4.69, 9.17) is 16.0 Å². The zero-order valence-corrected chi connectivity index (χ0v) is 33.1.